The molecule has 0 spiro atoms. The standard InChI is InChI=1S/C10H14FNS/c1-8-2-3-9(13-8)6-10(11)4-5-12-7-10/h2-3,12H,4-7H2,1H3. The molecular weight excluding hydrogens is 185 g/mol. The minimum atomic E-state index is -0.989. The Bertz CT molecular complexity index is 289. The molecule has 1 aliphatic heterocycles. The number of halogens is 1. The highest BCUT2D eigenvalue weighted by molar-refractivity contribution is 7.11. The van der Waals surface area contributed by atoms with Gasteiger partial charge < -0.3 is 5.32 Å². The smallest absolute Gasteiger partial charge is 0.129 e. The number of rotatable bonds is 2. The second kappa shape index (κ2) is 3.39. The van der Waals surface area contributed by atoms with Gasteiger partial charge in [0.1, 0.15) is 5.67 Å². The highest BCUT2D eigenvalue weighted by atomic mass is 32.1. The molecule has 1 saturated heterocycles. The van der Waals surface area contributed by atoms with Gasteiger partial charge in [0.25, 0.3) is 0 Å². The van der Waals surface area contributed by atoms with Crippen molar-refractivity contribution in [1.82, 2.24) is 5.32 Å². The summed E-state index contributed by atoms with van der Waals surface area (Å²) in [6.07, 6.45) is 1.24. The van der Waals surface area contributed by atoms with Crippen LogP contribution >= 0.6 is 11.3 Å². The summed E-state index contributed by atoms with van der Waals surface area (Å²) in [4.78, 5) is 2.44. The Morgan fingerprint density at radius 3 is 3.00 bits per heavy atom. The third kappa shape index (κ3) is 2.09. The van der Waals surface area contributed by atoms with E-state index in [9.17, 15) is 4.39 Å². The summed E-state index contributed by atoms with van der Waals surface area (Å²) < 4.78 is 14.0. The molecule has 2 heterocycles. The van der Waals surface area contributed by atoms with Gasteiger partial charge in [-0.2, -0.15) is 0 Å². The Morgan fingerprint density at radius 2 is 2.46 bits per heavy atom. The predicted octanol–water partition coefficient (Wildman–Crippen LogP) is 2.30. The molecule has 0 amide bonds. The van der Waals surface area contributed by atoms with Crippen molar-refractivity contribution in [2.75, 3.05) is 13.1 Å². The monoisotopic (exact) mass is 199 g/mol. The molecule has 72 valence electrons. The van der Waals surface area contributed by atoms with Gasteiger partial charge in [-0.15, -0.1) is 11.3 Å². The van der Waals surface area contributed by atoms with Crippen LogP contribution in [0, 0.1) is 6.92 Å². The van der Waals surface area contributed by atoms with E-state index >= 15 is 0 Å². The number of aryl methyl sites for hydroxylation is 1. The third-order valence-corrected chi connectivity index (χ3v) is 3.48. The molecule has 1 aromatic heterocycles. The summed E-state index contributed by atoms with van der Waals surface area (Å²) in [6.45, 7) is 3.40. The van der Waals surface area contributed by atoms with Crippen LogP contribution in [0.15, 0.2) is 12.1 Å². The van der Waals surface area contributed by atoms with Gasteiger partial charge in [-0.25, -0.2) is 4.39 Å². The lowest BCUT2D eigenvalue weighted by Crippen LogP contribution is -2.28. The van der Waals surface area contributed by atoms with Gasteiger partial charge in [0.05, 0.1) is 0 Å². The Kier molecular flexibility index (Phi) is 2.39. The fourth-order valence-electron chi connectivity index (χ4n) is 1.76. The molecule has 1 atom stereocenters. The lowest BCUT2D eigenvalue weighted by Gasteiger charge is -2.16. The SMILES string of the molecule is Cc1ccc(CC2(F)CCNC2)s1. The van der Waals surface area contributed by atoms with E-state index in [1.807, 2.05) is 6.07 Å². The second-order valence-electron chi connectivity index (χ2n) is 3.77. The van der Waals surface area contributed by atoms with Gasteiger partial charge in [-0.1, -0.05) is 0 Å². The average molecular weight is 199 g/mol. The van der Waals surface area contributed by atoms with E-state index in [0.717, 1.165) is 6.54 Å². The summed E-state index contributed by atoms with van der Waals surface area (Å²) in [5.74, 6) is 0. The number of hydrogen-bond donors (Lipinski definition) is 1. The Balaban J connectivity index is 2.04. The maximum absolute atomic E-state index is 14.0. The molecule has 0 bridgehead atoms. The van der Waals surface area contributed by atoms with Crippen LogP contribution in [0.3, 0.4) is 0 Å². The van der Waals surface area contributed by atoms with Crippen molar-refractivity contribution in [2.24, 2.45) is 0 Å². The maximum atomic E-state index is 14.0. The lowest BCUT2D eigenvalue weighted by atomic mass is 10.0. The zero-order valence-corrected chi connectivity index (χ0v) is 8.59. The zero-order chi connectivity index (χ0) is 9.31. The predicted molar refractivity (Wildman–Crippen MR) is 54.1 cm³/mol. The van der Waals surface area contributed by atoms with Gasteiger partial charge >= 0.3 is 0 Å². The van der Waals surface area contributed by atoms with Crippen molar-refractivity contribution in [3.05, 3.63) is 21.9 Å². The molecule has 0 saturated carbocycles. The molecule has 0 aliphatic carbocycles. The number of nitrogens with one attached hydrogen (secondary N) is 1. The molecule has 2 rings (SSSR count). The Hall–Kier alpha value is -0.410. The average Bonchev–Trinajstić information content (AvgIpc) is 2.62. The first-order valence-corrected chi connectivity index (χ1v) is 5.45. The first-order valence-electron chi connectivity index (χ1n) is 4.63. The van der Waals surface area contributed by atoms with Gasteiger partial charge in [0, 0.05) is 22.7 Å². The quantitative estimate of drug-likeness (QED) is 0.770. The summed E-state index contributed by atoms with van der Waals surface area (Å²) >= 11 is 1.71. The van der Waals surface area contributed by atoms with Crippen LogP contribution in [0.4, 0.5) is 4.39 Å². The van der Waals surface area contributed by atoms with Gasteiger partial charge in [0.2, 0.25) is 0 Å². The topological polar surface area (TPSA) is 12.0 Å². The highest BCUT2D eigenvalue weighted by Gasteiger charge is 2.33. The molecule has 1 nitrogen and oxygen atoms in total. The molecule has 0 aromatic carbocycles. The fraction of sp³-hybridized carbons (Fsp3) is 0.600. The van der Waals surface area contributed by atoms with Crippen molar-refractivity contribution >= 4 is 11.3 Å². The third-order valence-electron chi connectivity index (χ3n) is 2.48. The molecule has 13 heavy (non-hydrogen) atoms. The van der Waals surface area contributed by atoms with E-state index in [1.165, 1.54) is 9.75 Å². The van der Waals surface area contributed by atoms with Crippen LogP contribution in [0.5, 0.6) is 0 Å². The van der Waals surface area contributed by atoms with E-state index in [0.29, 0.717) is 19.4 Å². The van der Waals surface area contributed by atoms with E-state index in [1.54, 1.807) is 11.3 Å². The van der Waals surface area contributed by atoms with Crippen LogP contribution in [0.25, 0.3) is 0 Å². The fourth-order valence-corrected chi connectivity index (χ4v) is 2.77. The van der Waals surface area contributed by atoms with Gasteiger partial charge in [0.15, 0.2) is 0 Å². The maximum Gasteiger partial charge on any atom is 0.129 e. The second-order valence-corrected chi connectivity index (χ2v) is 5.14. The van der Waals surface area contributed by atoms with E-state index in [4.69, 9.17) is 0 Å². The van der Waals surface area contributed by atoms with Crippen LogP contribution in [-0.4, -0.2) is 18.8 Å². The molecule has 1 N–H and O–H groups in total. The summed E-state index contributed by atoms with van der Waals surface area (Å²) in [5.41, 5.74) is -0.989. The minimum Gasteiger partial charge on any atom is -0.313 e. The summed E-state index contributed by atoms with van der Waals surface area (Å²) in [6, 6.07) is 4.10. The van der Waals surface area contributed by atoms with E-state index < -0.39 is 5.67 Å². The summed E-state index contributed by atoms with van der Waals surface area (Å²) in [7, 11) is 0. The highest BCUT2D eigenvalue weighted by Crippen LogP contribution is 2.28. The van der Waals surface area contributed by atoms with E-state index in [2.05, 4.69) is 18.3 Å². The van der Waals surface area contributed by atoms with Crippen LogP contribution < -0.4 is 5.32 Å². The van der Waals surface area contributed by atoms with Crippen LogP contribution in [0.2, 0.25) is 0 Å². The molecule has 1 aromatic rings. The normalized spacial score (nSPS) is 28.2. The lowest BCUT2D eigenvalue weighted by molar-refractivity contribution is 0.192. The molecule has 1 fully saturated rings. The first kappa shape index (κ1) is 9.16. The van der Waals surface area contributed by atoms with Crippen molar-refractivity contribution in [1.29, 1.82) is 0 Å². The Labute approximate surface area is 82.0 Å². The van der Waals surface area contributed by atoms with Crippen LogP contribution in [-0.2, 0) is 6.42 Å². The van der Waals surface area contributed by atoms with Crippen LogP contribution in [0.1, 0.15) is 16.2 Å². The van der Waals surface area contributed by atoms with Crippen molar-refractivity contribution < 1.29 is 4.39 Å². The molecular formula is C10H14FNS. The zero-order valence-electron chi connectivity index (χ0n) is 7.77. The van der Waals surface area contributed by atoms with E-state index in [-0.39, 0.29) is 0 Å². The van der Waals surface area contributed by atoms with Crippen molar-refractivity contribution in [3.63, 3.8) is 0 Å². The first-order chi connectivity index (χ1) is 6.18. The van der Waals surface area contributed by atoms with Gasteiger partial charge in [-0.3, -0.25) is 0 Å². The molecule has 1 unspecified atom stereocenters. The van der Waals surface area contributed by atoms with Crippen molar-refractivity contribution in [2.45, 2.75) is 25.4 Å². The number of hydrogen-bond acceptors (Lipinski definition) is 2. The number of thiophene rings is 1. The van der Waals surface area contributed by atoms with Gasteiger partial charge in [-0.05, 0) is 32.0 Å². The Morgan fingerprint density at radius 1 is 1.62 bits per heavy atom. The van der Waals surface area contributed by atoms with Crippen molar-refractivity contribution in [3.8, 4) is 0 Å². The molecule has 3 heteroatoms. The number of alkyl halides is 1. The largest absolute Gasteiger partial charge is 0.313 e. The summed E-state index contributed by atoms with van der Waals surface area (Å²) in [5, 5.41) is 3.07. The molecule has 0 radical (unpaired) electrons. The minimum absolute atomic E-state index is 0.518. The molecule has 1 aliphatic rings.